The van der Waals surface area contributed by atoms with E-state index in [-0.39, 0.29) is 17.9 Å². The molecule has 1 amide bonds. The van der Waals surface area contributed by atoms with Gasteiger partial charge in [-0.1, -0.05) is 27.7 Å². The standard InChI is InChI=1S/C15H29NO2/c1-14(2,3)8-5-7-13(18)16-10-6-9-15(4,11-16)12-17/h17H,5-12H2,1-4H3. The third kappa shape index (κ3) is 4.97. The fourth-order valence-electron chi connectivity index (χ4n) is 2.59. The highest BCUT2D eigenvalue weighted by atomic mass is 16.3. The predicted molar refractivity (Wildman–Crippen MR) is 74.3 cm³/mol. The van der Waals surface area contributed by atoms with Crippen LogP contribution in [0.25, 0.3) is 0 Å². The molecule has 1 unspecified atom stereocenters. The van der Waals surface area contributed by atoms with Crippen LogP contribution in [0, 0.1) is 10.8 Å². The molecule has 0 aromatic rings. The first-order valence-electron chi connectivity index (χ1n) is 7.14. The van der Waals surface area contributed by atoms with E-state index < -0.39 is 0 Å². The Bertz CT molecular complexity index is 283. The first-order valence-corrected chi connectivity index (χ1v) is 7.14. The summed E-state index contributed by atoms with van der Waals surface area (Å²) in [7, 11) is 0. The average Bonchev–Trinajstić information content (AvgIpc) is 2.27. The quantitative estimate of drug-likeness (QED) is 0.839. The summed E-state index contributed by atoms with van der Waals surface area (Å²) >= 11 is 0. The molecule has 0 spiro atoms. The molecule has 1 aliphatic rings. The number of carbonyl (C=O) groups is 1. The molecule has 3 heteroatoms. The summed E-state index contributed by atoms with van der Waals surface area (Å²) in [6, 6.07) is 0. The zero-order chi connectivity index (χ0) is 13.8. The Morgan fingerprint density at radius 3 is 2.61 bits per heavy atom. The number of aliphatic hydroxyl groups excluding tert-OH is 1. The summed E-state index contributed by atoms with van der Waals surface area (Å²) in [6.45, 7) is 10.5. The molecule has 1 fully saturated rings. The molecule has 106 valence electrons. The van der Waals surface area contributed by atoms with Crippen LogP contribution < -0.4 is 0 Å². The van der Waals surface area contributed by atoms with E-state index in [0.717, 1.165) is 38.8 Å². The second-order valence-corrected chi connectivity index (χ2v) is 7.30. The van der Waals surface area contributed by atoms with Crippen molar-refractivity contribution in [2.45, 2.75) is 59.8 Å². The lowest BCUT2D eigenvalue weighted by Gasteiger charge is -2.39. The summed E-state index contributed by atoms with van der Waals surface area (Å²) in [4.78, 5) is 14.1. The topological polar surface area (TPSA) is 40.5 Å². The van der Waals surface area contributed by atoms with E-state index in [1.54, 1.807) is 0 Å². The Labute approximate surface area is 112 Å². The third-order valence-corrected chi connectivity index (χ3v) is 3.83. The Kier molecular flexibility index (Phi) is 5.20. The highest BCUT2D eigenvalue weighted by molar-refractivity contribution is 5.76. The van der Waals surface area contributed by atoms with Crippen molar-refractivity contribution in [3.63, 3.8) is 0 Å². The van der Waals surface area contributed by atoms with E-state index in [2.05, 4.69) is 27.7 Å². The Morgan fingerprint density at radius 2 is 2.06 bits per heavy atom. The van der Waals surface area contributed by atoms with Crippen molar-refractivity contribution >= 4 is 5.91 Å². The molecule has 0 aromatic carbocycles. The Morgan fingerprint density at radius 1 is 1.39 bits per heavy atom. The zero-order valence-corrected chi connectivity index (χ0v) is 12.5. The SMILES string of the molecule is CC(C)(C)CCCC(=O)N1CCCC(C)(CO)C1. The van der Waals surface area contributed by atoms with E-state index in [1.807, 2.05) is 4.90 Å². The van der Waals surface area contributed by atoms with E-state index in [9.17, 15) is 9.90 Å². The number of aliphatic hydroxyl groups is 1. The van der Waals surface area contributed by atoms with Gasteiger partial charge in [-0.2, -0.15) is 0 Å². The van der Waals surface area contributed by atoms with Crippen LogP contribution in [-0.2, 0) is 4.79 Å². The van der Waals surface area contributed by atoms with Gasteiger partial charge in [-0.25, -0.2) is 0 Å². The molecule has 0 aliphatic carbocycles. The van der Waals surface area contributed by atoms with Crippen LogP contribution >= 0.6 is 0 Å². The molecular formula is C15H29NO2. The number of piperidine rings is 1. The highest BCUT2D eigenvalue weighted by Crippen LogP contribution is 2.29. The summed E-state index contributed by atoms with van der Waals surface area (Å²) in [5.41, 5.74) is 0.222. The zero-order valence-electron chi connectivity index (χ0n) is 12.5. The van der Waals surface area contributed by atoms with E-state index >= 15 is 0 Å². The smallest absolute Gasteiger partial charge is 0.222 e. The van der Waals surface area contributed by atoms with E-state index in [0.29, 0.717) is 11.8 Å². The molecule has 3 nitrogen and oxygen atoms in total. The van der Waals surface area contributed by atoms with Crippen molar-refractivity contribution in [2.75, 3.05) is 19.7 Å². The normalized spacial score (nSPS) is 25.3. The fraction of sp³-hybridized carbons (Fsp3) is 0.933. The van der Waals surface area contributed by atoms with Gasteiger partial charge in [0.2, 0.25) is 5.91 Å². The molecule has 18 heavy (non-hydrogen) atoms. The van der Waals surface area contributed by atoms with Crippen LogP contribution in [0.15, 0.2) is 0 Å². The van der Waals surface area contributed by atoms with Gasteiger partial charge in [0.25, 0.3) is 0 Å². The molecule has 0 saturated carbocycles. The van der Waals surface area contributed by atoms with Crippen LogP contribution in [0.4, 0.5) is 0 Å². The molecule has 1 atom stereocenters. The van der Waals surface area contributed by atoms with Crippen molar-refractivity contribution in [1.82, 2.24) is 4.90 Å². The third-order valence-electron chi connectivity index (χ3n) is 3.83. The van der Waals surface area contributed by atoms with Crippen LogP contribution in [0.2, 0.25) is 0 Å². The lowest BCUT2D eigenvalue weighted by Crippen LogP contribution is -2.46. The number of carbonyl (C=O) groups excluding carboxylic acids is 1. The van der Waals surface area contributed by atoms with Crippen molar-refractivity contribution in [2.24, 2.45) is 10.8 Å². The fourth-order valence-corrected chi connectivity index (χ4v) is 2.59. The molecule has 1 aliphatic heterocycles. The maximum atomic E-state index is 12.1. The maximum absolute atomic E-state index is 12.1. The Balaban J connectivity index is 2.38. The number of hydrogen-bond acceptors (Lipinski definition) is 2. The van der Waals surface area contributed by atoms with Crippen LogP contribution in [0.3, 0.4) is 0 Å². The molecule has 0 bridgehead atoms. The first-order chi connectivity index (χ1) is 8.26. The van der Waals surface area contributed by atoms with Gasteiger partial charge in [-0.05, 0) is 31.1 Å². The van der Waals surface area contributed by atoms with Crippen molar-refractivity contribution in [3.05, 3.63) is 0 Å². The van der Waals surface area contributed by atoms with E-state index in [4.69, 9.17) is 0 Å². The minimum atomic E-state index is -0.0854. The Hall–Kier alpha value is -0.570. The van der Waals surface area contributed by atoms with Gasteiger partial charge in [0.1, 0.15) is 0 Å². The number of amides is 1. The number of nitrogens with zero attached hydrogens (tertiary/aromatic N) is 1. The van der Waals surface area contributed by atoms with Crippen LogP contribution in [0.5, 0.6) is 0 Å². The van der Waals surface area contributed by atoms with Crippen molar-refractivity contribution in [1.29, 1.82) is 0 Å². The summed E-state index contributed by atoms with van der Waals surface area (Å²) in [5, 5.41) is 9.39. The second-order valence-electron chi connectivity index (χ2n) is 7.30. The largest absolute Gasteiger partial charge is 0.396 e. The lowest BCUT2D eigenvalue weighted by molar-refractivity contribution is -0.135. The summed E-state index contributed by atoms with van der Waals surface area (Å²) in [5.74, 6) is 0.263. The summed E-state index contributed by atoms with van der Waals surface area (Å²) in [6.07, 6.45) is 4.74. The van der Waals surface area contributed by atoms with Gasteiger partial charge in [-0.3, -0.25) is 4.79 Å². The van der Waals surface area contributed by atoms with Gasteiger partial charge in [0.05, 0.1) is 6.61 Å². The molecule has 0 radical (unpaired) electrons. The molecular weight excluding hydrogens is 226 g/mol. The van der Waals surface area contributed by atoms with Crippen molar-refractivity contribution < 1.29 is 9.90 Å². The summed E-state index contributed by atoms with van der Waals surface area (Å²) < 4.78 is 0. The molecule has 1 N–H and O–H groups in total. The van der Waals surface area contributed by atoms with Gasteiger partial charge in [0.15, 0.2) is 0 Å². The monoisotopic (exact) mass is 255 g/mol. The van der Waals surface area contributed by atoms with Crippen LogP contribution in [-0.4, -0.2) is 35.6 Å². The minimum absolute atomic E-state index is 0.0854. The maximum Gasteiger partial charge on any atom is 0.222 e. The van der Waals surface area contributed by atoms with Gasteiger partial charge in [-0.15, -0.1) is 0 Å². The number of likely N-dealkylation sites (tertiary alicyclic amines) is 1. The second kappa shape index (κ2) is 6.05. The molecule has 1 saturated heterocycles. The minimum Gasteiger partial charge on any atom is -0.396 e. The lowest BCUT2D eigenvalue weighted by atomic mass is 9.82. The first kappa shape index (κ1) is 15.5. The van der Waals surface area contributed by atoms with Crippen LogP contribution in [0.1, 0.15) is 59.8 Å². The van der Waals surface area contributed by atoms with Gasteiger partial charge >= 0.3 is 0 Å². The molecule has 1 rings (SSSR count). The molecule has 1 heterocycles. The van der Waals surface area contributed by atoms with E-state index in [1.165, 1.54) is 0 Å². The van der Waals surface area contributed by atoms with Gasteiger partial charge in [0, 0.05) is 24.9 Å². The number of hydrogen-bond donors (Lipinski definition) is 1. The van der Waals surface area contributed by atoms with Gasteiger partial charge < -0.3 is 10.0 Å². The average molecular weight is 255 g/mol. The predicted octanol–water partition coefficient (Wildman–Crippen LogP) is 2.82. The highest BCUT2D eigenvalue weighted by Gasteiger charge is 2.32. The molecule has 0 aromatic heterocycles. The number of rotatable bonds is 4. The van der Waals surface area contributed by atoms with Crippen molar-refractivity contribution in [3.8, 4) is 0 Å².